The second kappa shape index (κ2) is 6.21. The van der Waals surface area contributed by atoms with Crippen LogP contribution in [0.5, 0.6) is 0 Å². The Morgan fingerprint density at radius 3 is 2.65 bits per heavy atom. The zero-order valence-electron chi connectivity index (χ0n) is 10.6. The summed E-state index contributed by atoms with van der Waals surface area (Å²) in [5.74, 6) is -0.297. The number of hydrogen-bond donors (Lipinski definition) is 0. The Bertz CT molecular complexity index is 399. The van der Waals surface area contributed by atoms with Crippen molar-refractivity contribution in [1.29, 1.82) is 0 Å². The largest absolute Gasteiger partial charge is 0.453 e. The summed E-state index contributed by atoms with van der Waals surface area (Å²) < 4.78 is 5.23. The van der Waals surface area contributed by atoms with Crippen LogP contribution in [0.2, 0.25) is 0 Å². The minimum absolute atomic E-state index is 0.297. The maximum Gasteiger partial charge on any atom is 0.303 e. The quantitative estimate of drug-likeness (QED) is 0.578. The van der Waals surface area contributed by atoms with E-state index in [9.17, 15) is 4.79 Å². The van der Waals surface area contributed by atoms with Crippen molar-refractivity contribution in [2.45, 2.75) is 19.6 Å². The van der Waals surface area contributed by atoms with E-state index in [-0.39, 0.29) is 12.1 Å². The Morgan fingerprint density at radius 2 is 2.12 bits per heavy atom. The number of benzene rings is 1. The lowest BCUT2D eigenvalue weighted by molar-refractivity contribution is -0.144. The number of esters is 1. The lowest BCUT2D eigenvalue weighted by Gasteiger charge is -2.19. The van der Waals surface area contributed by atoms with Gasteiger partial charge < -0.3 is 9.64 Å². The third kappa shape index (κ3) is 4.04. The molecule has 3 nitrogen and oxygen atoms in total. The monoisotopic (exact) mass is 233 g/mol. The third-order valence-corrected chi connectivity index (χ3v) is 2.36. The van der Waals surface area contributed by atoms with E-state index in [1.54, 1.807) is 6.08 Å². The van der Waals surface area contributed by atoms with Gasteiger partial charge in [-0.2, -0.15) is 0 Å². The Labute approximate surface area is 103 Å². The van der Waals surface area contributed by atoms with Crippen LogP contribution in [0.25, 0.3) is 0 Å². The molecule has 0 spiro atoms. The maximum atomic E-state index is 11.0. The van der Waals surface area contributed by atoms with E-state index in [0.29, 0.717) is 0 Å². The summed E-state index contributed by atoms with van der Waals surface area (Å²) >= 11 is 0. The molecular formula is C14H19NO2. The predicted molar refractivity (Wildman–Crippen MR) is 68.5 cm³/mol. The van der Waals surface area contributed by atoms with E-state index in [1.807, 2.05) is 38.4 Å². The van der Waals surface area contributed by atoms with Crippen molar-refractivity contribution in [2.75, 3.05) is 14.1 Å². The summed E-state index contributed by atoms with van der Waals surface area (Å²) in [6, 6.07) is 7.92. The lowest BCUT2D eigenvalue weighted by Crippen LogP contribution is -2.15. The molecule has 1 unspecified atom stereocenters. The van der Waals surface area contributed by atoms with E-state index in [1.165, 1.54) is 6.92 Å². The van der Waals surface area contributed by atoms with Gasteiger partial charge in [0.1, 0.15) is 6.10 Å². The van der Waals surface area contributed by atoms with Gasteiger partial charge in [-0.25, -0.2) is 0 Å². The first-order chi connectivity index (χ1) is 8.04. The van der Waals surface area contributed by atoms with Crippen molar-refractivity contribution >= 4 is 5.97 Å². The topological polar surface area (TPSA) is 29.5 Å². The third-order valence-electron chi connectivity index (χ3n) is 2.36. The second-order valence-corrected chi connectivity index (χ2v) is 4.20. The molecule has 0 saturated heterocycles. The van der Waals surface area contributed by atoms with Crippen molar-refractivity contribution < 1.29 is 9.53 Å². The zero-order valence-corrected chi connectivity index (χ0v) is 10.6. The minimum Gasteiger partial charge on any atom is -0.453 e. The van der Waals surface area contributed by atoms with Gasteiger partial charge in [-0.1, -0.05) is 30.8 Å². The van der Waals surface area contributed by atoms with Gasteiger partial charge in [-0.05, 0) is 25.7 Å². The molecule has 0 amide bonds. The number of nitrogens with zero attached hydrogens (tertiary/aromatic N) is 1. The van der Waals surface area contributed by atoms with Crippen LogP contribution >= 0.6 is 0 Å². The lowest BCUT2D eigenvalue weighted by atomic mass is 10.0. The summed E-state index contributed by atoms with van der Waals surface area (Å²) in [6.07, 6.45) is 1.28. The van der Waals surface area contributed by atoms with Gasteiger partial charge in [0.25, 0.3) is 0 Å². The standard InChI is InChI=1S/C14H19NO2/c1-5-14(17-11(2)16)13-9-7-6-8-12(13)10-15(3)4/h5-9,14H,1,10H2,2-4H3. The number of carbonyl (C=O) groups is 1. The van der Waals surface area contributed by atoms with Crippen LogP contribution in [0, 0.1) is 0 Å². The molecule has 0 saturated carbocycles. The summed E-state index contributed by atoms with van der Waals surface area (Å²) in [4.78, 5) is 13.1. The van der Waals surface area contributed by atoms with Gasteiger partial charge in [-0.15, -0.1) is 0 Å². The van der Waals surface area contributed by atoms with Crippen molar-refractivity contribution in [1.82, 2.24) is 4.90 Å². The van der Waals surface area contributed by atoms with Crippen LogP contribution in [-0.2, 0) is 16.1 Å². The Balaban J connectivity index is 3.01. The Kier molecular flexibility index (Phi) is 4.91. The highest BCUT2D eigenvalue weighted by molar-refractivity contribution is 5.66. The molecule has 0 aromatic heterocycles. The van der Waals surface area contributed by atoms with Gasteiger partial charge in [0.05, 0.1) is 0 Å². The van der Waals surface area contributed by atoms with Crippen LogP contribution in [0.1, 0.15) is 24.2 Å². The van der Waals surface area contributed by atoms with Crippen LogP contribution in [0.3, 0.4) is 0 Å². The van der Waals surface area contributed by atoms with E-state index >= 15 is 0 Å². The average molecular weight is 233 g/mol. The number of rotatable bonds is 5. The average Bonchev–Trinajstić information content (AvgIpc) is 2.26. The molecule has 0 aliphatic rings. The molecule has 0 bridgehead atoms. The number of hydrogen-bond acceptors (Lipinski definition) is 3. The van der Waals surface area contributed by atoms with Gasteiger partial charge in [0.15, 0.2) is 0 Å². The molecule has 1 rings (SSSR count). The van der Waals surface area contributed by atoms with Crippen LogP contribution in [0.4, 0.5) is 0 Å². The van der Waals surface area contributed by atoms with Gasteiger partial charge in [0.2, 0.25) is 0 Å². The minimum atomic E-state index is -0.372. The molecule has 0 N–H and O–H groups in total. The van der Waals surface area contributed by atoms with Crippen molar-refractivity contribution in [3.63, 3.8) is 0 Å². The fourth-order valence-corrected chi connectivity index (χ4v) is 1.71. The smallest absolute Gasteiger partial charge is 0.303 e. The molecule has 1 aromatic carbocycles. The van der Waals surface area contributed by atoms with Gasteiger partial charge in [0, 0.05) is 19.0 Å². The van der Waals surface area contributed by atoms with Crippen LogP contribution < -0.4 is 0 Å². The highest BCUT2D eigenvalue weighted by Crippen LogP contribution is 2.23. The summed E-state index contributed by atoms with van der Waals surface area (Å²) in [5.41, 5.74) is 2.13. The molecule has 92 valence electrons. The van der Waals surface area contributed by atoms with E-state index < -0.39 is 0 Å². The van der Waals surface area contributed by atoms with Gasteiger partial charge in [-0.3, -0.25) is 4.79 Å². The Morgan fingerprint density at radius 1 is 1.47 bits per heavy atom. The van der Waals surface area contributed by atoms with E-state index in [2.05, 4.69) is 11.5 Å². The molecule has 1 atom stereocenters. The summed E-state index contributed by atoms with van der Waals surface area (Å²) in [6.45, 7) is 5.94. The first-order valence-electron chi connectivity index (χ1n) is 5.57. The molecule has 0 fully saturated rings. The predicted octanol–water partition coefficient (Wildman–Crippen LogP) is 2.54. The molecule has 0 radical (unpaired) electrons. The van der Waals surface area contributed by atoms with Crippen molar-refractivity contribution in [3.05, 3.63) is 48.0 Å². The fourth-order valence-electron chi connectivity index (χ4n) is 1.71. The number of carbonyl (C=O) groups excluding carboxylic acids is 1. The van der Waals surface area contributed by atoms with Crippen LogP contribution in [-0.4, -0.2) is 25.0 Å². The van der Waals surface area contributed by atoms with Gasteiger partial charge >= 0.3 is 5.97 Å². The SMILES string of the molecule is C=CC(OC(C)=O)c1ccccc1CN(C)C. The summed E-state index contributed by atoms with van der Waals surface area (Å²) in [7, 11) is 4.01. The Hall–Kier alpha value is -1.61. The normalized spacial score (nSPS) is 12.2. The number of ether oxygens (including phenoxy) is 1. The first kappa shape index (κ1) is 13.5. The van der Waals surface area contributed by atoms with Crippen molar-refractivity contribution in [3.8, 4) is 0 Å². The summed E-state index contributed by atoms with van der Waals surface area (Å²) in [5, 5.41) is 0. The molecule has 3 heteroatoms. The second-order valence-electron chi connectivity index (χ2n) is 4.20. The highest BCUT2D eigenvalue weighted by Gasteiger charge is 2.14. The first-order valence-corrected chi connectivity index (χ1v) is 5.57. The zero-order chi connectivity index (χ0) is 12.8. The van der Waals surface area contributed by atoms with Crippen LogP contribution in [0.15, 0.2) is 36.9 Å². The van der Waals surface area contributed by atoms with Crippen molar-refractivity contribution in [2.24, 2.45) is 0 Å². The molecular weight excluding hydrogens is 214 g/mol. The molecule has 0 aliphatic carbocycles. The molecule has 17 heavy (non-hydrogen) atoms. The molecule has 0 heterocycles. The molecule has 1 aromatic rings. The van der Waals surface area contributed by atoms with E-state index in [4.69, 9.17) is 4.74 Å². The maximum absolute atomic E-state index is 11.0. The molecule has 0 aliphatic heterocycles. The van der Waals surface area contributed by atoms with E-state index in [0.717, 1.165) is 17.7 Å². The highest BCUT2D eigenvalue weighted by atomic mass is 16.5. The fraction of sp³-hybridized carbons (Fsp3) is 0.357.